The summed E-state index contributed by atoms with van der Waals surface area (Å²) in [5.41, 5.74) is 0.950. The molecule has 0 unspecified atom stereocenters. The average molecular weight is 281 g/mol. The van der Waals surface area contributed by atoms with Crippen LogP contribution in [0.4, 0.5) is 0 Å². The van der Waals surface area contributed by atoms with Crippen LogP contribution in [-0.2, 0) is 4.79 Å². The molecule has 1 aromatic carbocycles. The van der Waals surface area contributed by atoms with Gasteiger partial charge in [-0.15, -0.1) is 11.3 Å². The maximum absolute atomic E-state index is 11.6. The molecule has 2 aromatic rings. The Morgan fingerprint density at radius 3 is 2.75 bits per heavy atom. The van der Waals surface area contributed by atoms with Gasteiger partial charge in [0.1, 0.15) is 0 Å². The molecule has 0 fully saturated rings. The van der Waals surface area contributed by atoms with Crippen molar-refractivity contribution in [2.45, 2.75) is 6.92 Å². The predicted molar refractivity (Wildman–Crippen MR) is 84.4 cm³/mol. The summed E-state index contributed by atoms with van der Waals surface area (Å²) in [7, 11) is 0. The summed E-state index contributed by atoms with van der Waals surface area (Å²) in [5.74, 6) is 5.79. The third-order valence-corrected chi connectivity index (χ3v) is 3.48. The largest absolute Gasteiger partial charge is 0.342 e. The zero-order chi connectivity index (χ0) is 14.2. The Labute approximate surface area is 123 Å². The van der Waals surface area contributed by atoms with Gasteiger partial charge >= 0.3 is 0 Å². The van der Waals surface area contributed by atoms with E-state index < -0.39 is 0 Å². The first kappa shape index (κ1) is 14.1. The van der Waals surface area contributed by atoms with Gasteiger partial charge in [-0.05, 0) is 37.3 Å². The van der Waals surface area contributed by atoms with Crippen LogP contribution in [0.3, 0.4) is 0 Å². The van der Waals surface area contributed by atoms with E-state index in [1.54, 1.807) is 11.3 Å². The molecule has 0 saturated carbocycles. The number of benzene rings is 1. The number of amides is 1. The molecule has 3 heteroatoms. The van der Waals surface area contributed by atoms with Crippen molar-refractivity contribution in [2.75, 3.05) is 6.54 Å². The molecule has 0 bridgehead atoms. The number of thiophene rings is 1. The molecule has 0 atom stereocenters. The van der Waals surface area contributed by atoms with Crippen LogP contribution in [0.2, 0.25) is 0 Å². The maximum atomic E-state index is 11.6. The van der Waals surface area contributed by atoms with Crippen LogP contribution in [0.1, 0.15) is 15.3 Å². The van der Waals surface area contributed by atoms with E-state index in [0.29, 0.717) is 6.54 Å². The lowest BCUT2D eigenvalue weighted by molar-refractivity contribution is -0.116. The molecule has 20 heavy (non-hydrogen) atoms. The van der Waals surface area contributed by atoms with E-state index in [1.807, 2.05) is 55.5 Å². The van der Waals surface area contributed by atoms with Gasteiger partial charge < -0.3 is 5.32 Å². The first-order valence-corrected chi connectivity index (χ1v) is 7.12. The minimum atomic E-state index is -0.126. The zero-order valence-electron chi connectivity index (χ0n) is 11.2. The van der Waals surface area contributed by atoms with Crippen molar-refractivity contribution in [3.8, 4) is 11.8 Å². The Bertz CT molecular complexity index is 659. The van der Waals surface area contributed by atoms with Crippen molar-refractivity contribution in [3.05, 3.63) is 63.9 Å². The number of carbonyl (C=O) groups excluding carboxylic acids is 1. The fourth-order valence-corrected chi connectivity index (χ4v) is 2.34. The monoisotopic (exact) mass is 281 g/mol. The lowest BCUT2D eigenvalue weighted by atomic mass is 10.2. The SMILES string of the molecule is Cc1ccc(C=CC(=O)NCC#Cc2ccccc2)s1. The fraction of sp³-hybridized carbons (Fsp3) is 0.118. The Morgan fingerprint density at radius 2 is 2.05 bits per heavy atom. The topological polar surface area (TPSA) is 29.1 Å². The Balaban J connectivity index is 1.78. The third-order valence-electron chi connectivity index (χ3n) is 2.52. The number of carbonyl (C=O) groups is 1. The predicted octanol–water partition coefficient (Wildman–Crippen LogP) is 3.24. The highest BCUT2D eigenvalue weighted by Crippen LogP contribution is 2.16. The smallest absolute Gasteiger partial charge is 0.244 e. The van der Waals surface area contributed by atoms with Crippen LogP contribution in [0.5, 0.6) is 0 Å². The molecule has 0 spiro atoms. The van der Waals surface area contributed by atoms with E-state index in [9.17, 15) is 4.79 Å². The number of hydrogen-bond donors (Lipinski definition) is 1. The summed E-state index contributed by atoms with van der Waals surface area (Å²) in [4.78, 5) is 13.9. The standard InChI is InChI=1S/C17H15NOS/c1-14-9-10-16(20-14)11-12-17(19)18-13-5-8-15-6-3-2-4-7-15/h2-4,6-7,9-12H,13H2,1H3,(H,18,19). The second kappa shape index (κ2) is 7.32. The van der Waals surface area contributed by atoms with Crippen molar-refractivity contribution in [1.29, 1.82) is 0 Å². The molecule has 100 valence electrons. The van der Waals surface area contributed by atoms with Gasteiger partial charge in [0, 0.05) is 21.4 Å². The highest BCUT2D eigenvalue weighted by Gasteiger charge is 1.94. The molecular formula is C17H15NOS. The zero-order valence-corrected chi connectivity index (χ0v) is 12.0. The van der Waals surface area contributed by atoms with Gasteiger partial charge in [0.2, 0.25) is 5.91 Å². The van der Waals surface area contributed by atoms with Crippen LogP contribution in [0.15, 0.2) is 48.5 Å². The molecule has 0 radical (unpaired) electrons. The van der Waals surface area contributed by atoms with Gasteiger partial charge in [0.15, 0.2) is 0 Å². The molecule has 1 heterocycles. The first-order valence-electron chi connectivity index (χ1n) is 6.30. The molecule has 1 amide bonds. The van der Waals surface area contributed by atoms with Crippen LogP contribution >= 0.6 is 11.3 Å². The molecule has 0 aliphatic rings. The molecule has 0 saturated heterocycles. The van der Waals surface area contributed by atoms with Gasteiger partial charge in [-0.3, -0.25) is 4.79 Å². The van der Waals surface area contributed by atoms with Gasteiger partial charge in [-0.1, -0.05) is 30.0 Å². The van der Waals surface area contributed by atoms with Gasteiger partial charge in [-0.25, -0.2) is 0 Å². The molecule has 0 aliphatic carbocycles. The minimum absolute atomic E-state index is 0.126. The molecule has 0 aliphatic heterocycles. The molecule has 1 N–H and O–H groups in total. The lowest BCUT2D eigenvalue weighted by Gasteiger charge is -1.94. The fourth-order valence-electron chi connectivity index (χ4n) is 1.56. The summed E-state index contributed by atoms with van der Waals surface area (Å²) in [6.07, 6.45) is 3.35. The van der Waals surface area contributed by atoms with Crippen molar-refractivity contribution < 1.29 is 4.79 Å². The first-order chi connectivity index (χ1) is 9.74. The number of hydrogen-bond acceptors (Lipinski definition) is 2. The number of nitrogens with one attached hydrogen (secondary N) is 1. The van der Waals surface area contributed by atoms with Crippen molar-refractivity contribution in [1.82, 2.24) is 5.32 Å². The van der Waals surface area contributed by atoms with Crippen molar-refractivity contribution in [2.24, 2.45) is 0 Å². The summed E-state index contributed by atoms with van der Waals surface area (Å²) in [6.45, 7) is 2.39. The normalized spacial score (nSPS) is 10.1. The van der Waals surface area contributed by atoms with E-state index in [4.69, 9.17) is 0 Å². The Kier molecular flexibility index (Phi) is 5.16. The Morgan fingerprint density at radius 1 is 1.25 bits per heavy atom. The summed E-state index contributed by atoms with van der Waals surface area (Å²) in [6, 6.07) is 13.7. The molecule has 2 rings (SSSR count). The number of rotatable bonds is 3. The minimum Gasteiger partial charge on any atom is -0.342 e. The van der Waals surface area contributed by atoms with E-state index in [1.165, 1.54) is 11.0 Å². The van der Waals surface area contributed by atoms with Gasteiger partial charge in [0.05, 0.1) is 6.54 Å². The van der Waals surface area contributed by atoms with E-state index >= 15 is 0 Å². The second-order valence-corrected chi connectivity index (χ2v) is 5.49. The quantitative estimate of drug-likeness (QED) is 0.679. The van der Waals surface area contributed by atoms with Gasteiger partial charge in [-0.2, -0.15) is 0 Å². The molecule has 1 aromatic heterocycles. The van der Waals surface area contributed by atoms with E-state index in [2.05, 4.69) is 17.2 Å². The Hall–Kier alpha value is -2.31. The highest BCUT2D eigenvalue weighted by atomic mass is 32.1. The van der Waals surface area contributed by atoms with E-state index in [-0.39, 0.29) is 5.91 Å². The highest BCUT2D eigenvalue weighted by molar-refractivity contribution is 7.12. The third kappa shape index (κ3) is 4.75. The average Bonchev–Trinajstić information content (AvgIpc) is 2.88. The summed E-state index contributed by atoms with van der Waals surface area (Å²) >= 11 is 1.66. The molecular weight excluding hydrogens is 266 g/mol. The summed E-state index contributed by atoms with van der Waals surface area (Å²) < 4.78 is 0. The lowest BCUT2D eigenvalue weighted by Crippen LogP contribution is -2.20. The van der Waals surface area contributed by atoms with Crippen LogP contribution < -0.4 is 5.32 Å². The van der Waals surface area contributed by atoms with Crippen molar-refractivity contribution in [3.63, 3.8) is 0 Å². The number of aryl methyl sites for hydroxylation is 1. The maximum Gasteiger partial charge on any atom is 0.244 e. The van der Waals surface area contributed by atoms with Crippen LogP contribution in [0.25, 0.3) is 6.08 Å². The van der Waals surface area contributed by atoms with Crippen molar-refractivity contribution >= 4 is 23.3 Å². The van der Waals surface area contributed by atoms with Crippen LogP contribution in [0, 0.1) is 18.8 Å². The van der Waals surface area contributed by atoms with Crippen LogP contribution in [-0.4, -0.2) is 12.5 Å². The van der Waals surface area contributed by atoms with E-state index in [0.717, 1.165) is 10.4 Å². The summed E-state index contributed by atoms with van der Waals surface area (Å²) in [5, 5.41) is 2.74. The second-order valence-electron chi connectivity index (χ2n) is 4.17. The van der Waals surface area contributed by atoms with Gasteiger partial charge in [0.25, 0.3) is 0 Å². The molecule has 2 nitrogen and oxygen atoms in total.